The number of aliphatic hydroxyl groups is 2. The molecule has 0 aromatic carbocycles. The fraction of sp³-hybridized carbons (Fsp3) is 0.986. The van der Waals surface area contributed by atoms with Crippen molar-refractivity contribution in [1.82, 2.24) is 5.32 Å². The Morgan fingerprint density at radius 2 is 0.438 bits per heavy atom. The smallest absolute Gasteiger partial charge is 0.220 e. The first-order chi connectivity index (χ1) is 36.2. The van der Waals surface area contributed by atoms with Crippen LogP contribution in [-0.2, 0) is 4.79 Å². The Morgan fingerprint density at radius 1 is 0.274 bits per heavy atom. The van der Waals surface area contributed by atoms with E-state index in [2.05, 4.69) is 19.2 Å². The van der Waals surface area contributed by atoms with Gasteiger partial charge in [-0.2, -0.15) is 0 Å². The molecule has 1 amide bonds. The predicted octanol–water partition coefficient (Wildman–Crippen LogP) is 23.4. The highest BCUT2D eigenvalue weighted by atomic mass is 16.3. The van der Waals surface area contributed by atoms with E-state index in [9.17, 15) is 15.0 Å². The van der Waals surface area contributed by atoms with Crippen LogP contribution in [0.2, 0.25) is 0 Å². The standard InChI is InChI=1S/C69H139NO3/c1-3-5-7-9-11-13-15-17-19-21-23-25-27-28-29-30-31-32-33-34-35-36-37-38-39-40-41-42-43-45-47-49-51-53-55-57-59-61-63-65-69(73)70-67(66-71)68(72)64-62-60-58-56-54-52-50-48-46-44-26-24-22-20-18-16-14-12-10-8-6-4-2/h67-68,71-72H,3-66H2,1-2H3,(H,70,73). The van der Waals surface area contributed by atoms with E-state index in [0.29, 0.717) is 12.8 Å². The lowest BCUT2D eigenvalue weighted by Crippen LogP contribution is -2.45. The first-order valence-electron chi connectivity index (χ1n) is 34.7. The van der Waals surface area contributed by atoms with E-state index in [-0.39, 0.29) is 12.5 Å². The van der Waals surface area contributed by atoms with Crippen molar-refractivity contribution in [3.63, 3.8) is 0 Å². The maximum atomic E-state index is 12.5. The zero-order valence-corrected chi connectivity index (χ0v) is 50.7. The zero-order chi connectivity index (χ0) is 52.7. The number of nitrogens with one attached hydrogen (secondary N) is 1. The Labute approximate surface area is 461 Å². The van der Waals surface area contributed by atoms with E-state index in [1.807, 2.05) is 0 Å². The molecule has 0 aliphatic carbocycles. The summed E-state index contributed by atoms with van der Waals surface area (Å²) in [6.45, 7) is 4.42. The molecule has 0 spiro atoms. The highest BCUT2D eigenvalue weighted by molar-refractivity contribution is 5.76. The summed E-state index contributed by atoms with van der Waals surface area (Å²) in [5, 5.41) is 23.4. The largest absolute Gasteiger partial charge is 0.394 e. The fourth-order valence-electron chi connectivity index (χ4n) is 11.6. The minimum absolute atomic E-state index is 0.0197. The Kier molecular flexibility index (Phi) is 65.1. The van der Waals surface area contributed by atoms with Crippen LogP contribution in [0.15, 0.2) is 0 Å². The Bertz CT molecular complexity index is 987. The third-order valence-electron chi connectivity index (χ3n) is 16.9. The molecule has 73 heavy (non-hydrogen) atoms. The summed E-state index contributed by atoms with van der Waals surface area (Å²) >= 11 is 0. The van der Waals surface area contributed by atoms with Gasteiger partial charge in [-0.1, -0.05) is 399 Å². The Hall–Kier alpha value is -0.610. The fourth-order valence-corrected chi connectivity index (χ4v) is 11.6. The molecule has 0 aliphatic heterocycles. The molecule has 4 heteroatoms. The van der Waals surface area contributed by atoms with Gasteiger partial charge in [0.1, 0.15) is 0 Å². The lowest BCUT2D eigenvalue weighted by Gasteiger charge is -2.22. The van der Waals surface area contributed by atoms with Crippen molar-refractivity contribution in [3.05, 3.63) is 0 Å². The van der Waals surface area contributed by atoms with Crippen molar-refractivity contribution in [3.8, 4) is 0 Å². The van der Waals surface area contributed by atoms with Crippen molar-refractivity contribution in [2.75, 3.05) is 6.61 Å². The van der Waals surface area contributed by atoms with Crippen LogP contribution in [0.1, 0.15) is 418 Å². The molecule has 4 nitrogen and oxygen atoms in total. The van der Waals surface area contributed by atoms with Gasteiger partial charge in [0.25, 0.3) is 0 Å². The molecule has 0 radical (unpaired) electrons. The summed E-state index contributed by atoms with van der Waals surface area (Å²) in [7, 11) is 0. The van der Waals surface area contributed by atoms with Crippen LogP contribution in [0.25, 0.3) is 0 Å². The van der Waals surface area contributed by atoms with Gasteiger partial charge in [-0.25, -0.2) is 0 Å². The molecule has 0 aromatic rings. The predicted molar refractivity (Wildman–Crippen MR) is 327 cm³/mol. The summed E-state index contributed by atoms with van der Waals surface area (Å²) in [4.78, 5) is 12.5. The SMILES string of the molecule is CCCCCCCCCCCCCCCCCCCCCCCCCCCCCCCCCCCCCCCCCC(=O)NC(CO)C(O)CCCCCCCCCCCCCCCCCCCCCCCC. The average molecular weight is 1030 g/mol. The lowest BCUT2D eigenvalue weighted by atomic mass is 10.0. The van der Waals surface area contributed by atoms with Gasteiger partial charge in [-0.15, -0.1) is 0 Å². The van der Waals surface area contributed by atoms with E-state index < -0.39 is 12.1 Å². The number of aliphatic hydroxyl groups excluding tert-OH is 2. The monoisotopic (exact) mass is 1030 g/mol. The molecule has 0 saturated carbocycles. The third-order valence-corrected chi connectivity index (χ3v) is 16.9. The zero-order valence-electron chi connectivity index (χ0n) is 50.7. The van der Waals surface area contributed by atoms with Crippen LogP contribution < -0.4 is 5.32 Å². The highest BCUT2D eigenvalue weighted by Crippen LogP contribution is 2.20. The van der Waals surface area contributed by atoms with Gasteiger partial charge in [-0.3, -0.25) is 4.79 Å². The number of hydrogen-bond acceptors (Lipinski definition) is 3. The molecule has 0 aliphatic rings. The van der Waals surface area contributed by atoms with E-state index in [0.717, 1.165) is 25.7 Å². The van der Waals surface area contributed by atoms with Crippen molar-refractivity contribution in [2.45, 2.75) is 431 Å². The van der Waals surface area contributed by atoms with E-state index in [1.165, 1.54) is 366 Å². The van der Waals surface area contributed by atoms with Gasteiger partial charge in [-0.05, 0) is 12.8 Å². The molecular formula is C69H139NO3. The first kappa shape index (κ1) is 72.4. The van der Waals surface area contributed by atoms with E-state index in [4.69, 9.17) is 0 Å². The number of carbonyl (C=O) groups is 1. The topological polar surface area (TPSA) is 69.6 Å². The second-order valence-electron chi connectivity index (χ2n) is 24.3. The van der Waals surface area contributed by atoms with Crippen molar-refractivity contribution >= 4 is 5.91 Å². The van der Waals surface area contributed by atoms with Gasteiger partial charge in [0.2, 0.25) is 5.91 Å². The Balaban J connectivity index is 3.33. The molecule has 3 N–H and O–H groups in total. The second kappa shape index (κ2) is 65.7. The normalized spacial score (nSPS) is 12.5. The minimum Gasteiger partial charge on any atom is -0.394 e. The molecule has 2 unspecified atom stereocenters. The summed E-state index contributed by atoms with van der Waals surface area (Å²) in [5.41, 5.74) is 0. The number of unbranched alkanes of at least 4 members (excludes halogenated alkanes) is 59. The van der Waals surface area contributed by atoms with E-state index >= 15 is 0 Å². The summed E-state index contributed by atoms with van der Waals surface area (Å²) in [5.74, 6) is -0.0197. The molecule has 0 heterocycles. The molecule has 0 rings (SSSR count). The van der Waals surface area contributed by atoms with Gasteiger partial charge in [0.05, 0.1) is 18.8 Å². The van der Waals surface area contributed by atoms with Crippen molar-refractivity contribution in [1.29, 1.82) is 0 Å². The molecule has 0 saturated heterocycles. The molecule has 0 fully saturated rings. The minimum atomic E-state index is -0.656. The van der Waals surface area contributed by atoms with Gasteiger partial charge in [0.15, 0.2) is 0 Å². The van der Waals surface area contributed by atoms with Gasteiger partial charge >= 0.3 is 0 Å². The van der Waals surface area contributed by atoms with Gasteiger partial charge in [0, 0.05) is 6.42 Å². The average Bonchev–Trinajstić information content (AvgIpc) is 3.40. The van der Waals surface area contributed by atoms with Crippen molar-refractivity contribution in [2.24, 2.45) is 0 Å². The number of amides is 1. The van der Waals surface area contributed by atoms with Crippen LogP contribution in [0, 0.1) is 0 Å². The summed E-state index contributed by atoms with van der Waals surface area (Å²) in [6, 6.07) is -0.532. The van der Waals surface area contributed by atoms with E-state index in [1.54, 1.807) is 0 Å². The number of rotatable bonds is 66. The molecular weight excluding hydrogens is 891 g/mol. The van der Waals surface area contributed by atoms with Crippen LogP contribution in [0.4, 0.5) is 0 Å². The maximum Gasteiger partial charge on any atom is 0.220 e. The van der Waals surface area contributed by atoms with Crippen LogP contribution in [0.3, 0.4) is 0 Å². The van der Waals surface area contributed by atoms with Crippen LogP contribution in [0.5, 0.6) is 0 Å². The lowest BCUT2D eigenvalue weighted by molar-refractivity contribution is -0.123. The third kappa shape index (κ3) is 62.1. The van der Waals surface area contributed by atoms with Crippen LogP contribution >= 0.6 is 0 Å². The van der Waals surface area contributed by atoms with Gasteiger partial charge < -0.3 is 15.5 Å². The molecule has 0 aromatic heterocycles. The Morgan fingerprint density at radius 3 is 0.616 bits per heavy atom. The van der Waals surface area contributed by atoms with Crippen LogP contribution in [-0.4, -0.2) is 34.9 Å². The maximum absolute atomic E-state index is 12.5. The van der Waals surface area contributed by atoms with Crippen molar-refractivity contribution < 1.29 is 15.0 Å². The first-order valence-corrected chi connectivity index (χ1v) is 34.7. The quantitative estimate of drug-likeness (QED) is 0.0532. The number of carbonyl (C=O) groups excluding carboxylic acids is 1. The molecule has 438 valence electrons. The highest BCUT2D eigenvalue weighted by Gasteiger charge is 2.20. The number of hydrogen-bond donors (Lipinski definition) is 3. The summed E-state index contributed by atoms with van der Waals surface area (Å²) < 4.78 is 0. The molecule has 0 bridgehead atoms. The second-order valence-corrected chi connectivity index (χ2v) is 24.3. The molecule has 2 atom stereocenters. The summed E-state index contributed by atoms with van der Waals surface area (Å²) in [6.07, 6.45) is 86.0.